The number of hydrogen-bond donors (Lipinski definition) is 0. The molecular weight excluding hydrogens is 208 g/mol. The van der Waals surface area contributed by atoms with Crippen molar-refractivity contribution in [2.45, 2.75) is 44.4 Å². The number of rotatable bonds is 2. The lowest BCUT2D eigenvalue weighted by molar-refractivity contribution is -0.168. The van der Waals surface area contributed by atoms with E-state index >= 15 is 0 Å². The van der Waals surface area contributed by atoms with Crippen molar-refractivity contribution in [1.82, 2.24) is 0 Å². The summed E-state index contributed by atoms with van der Waals surface area (Å²) in [6, 6.07) is 0. The van der Waals surface area contributed by atoms with Crippen LogP contribution >= 0.6 is 0 Å². The molecule has 0 aliphatic carbocycles. The Kier molecular flexibility index (Phi) is 2.86. The molecule has 0 spiro atoms. The van der Waals surface area contributed by atoms with Crippen LogP contribution in [0.3, 0.4) is 0 Å². The molecule has 0 amide bonds. The second-order valence-corrected chi connectivity index (χ2v) is 4.41. The summed E-state index contributed by atoms with van der Waals surface area (Å²) in [5, 5.41) is 0. The van der Waals surface area contributed by atoms with E-state index in [1.54, 1.807) is 12.2 Å². The molecule has 0 aromatic rings. The number of cyclic esters (lactones) is 1. The van der Waals surface area contributed by atoms with Crippen LogP contribution < -0.4 is 0 Å². The average molecular weight is 224 g/mol. The Morgan fingerprint density at radius 1 is 1.50 bits per heavy atom. The van der Waals surface area contributed by atoms with Crippen molar-refractivity contribution >= 4 is 5.97 Å². The third kappa shape index (κ3) is 2.18. The van der Waals surface area contributed by atoms with E-state index in [0.29, 0.717) is 6.42 Å². The van der Waals surface area contributed by atoms with E-state index in [1.165, 1.54) is 6.08 Å². The molecule has 0 radical (unpaired) electrons. The summed E-state index contributed by atoms with van der Waals surface area (Å²) >= 11 is 0. The van der Waals surface area contributed by atoms with E-state index in [4.69, 9.17) is 14.2 Å². The zero-order chi connectivity index (χ0) is 11.8. The molecule has 0 saturated carbocycles. The molecule has 0 N–H and O–H groups in total. The highest BCUT2D eigenvalue weighted by Gasteiger charge is 2.45. The van der Waals surface area contributed by atoms with Gasteiger partial charge in [0.2, 0.25) is 0 Å². The maximum absolute atomic E-state index is 11.2. The van der Waals surface area contributed by atoms with Gasteiger partial charge in [0.1, 0.15) is 18.3 Å². The third-order valence-electron chi connectivity index (χ3n) is 2.65. The number of carbonyl (C=O) groups is 1. The summed E-state index contributed by atoms with van der Waals surface area (Å²) in [6.45, 7) is 7.38. The topological polar surface area (TPSA) is 44.8 Å². The highest BCUT2D eigenvalue weighted by atomic mass is 16.8. The van der Waals surface area contributed by atoms with Crippen LogP contribution in [-0.2, 0) is 19.0 Å². The Balaban J connectivity index is 2.11. The van der Waals surface area contributed by atoms with Gasteiger partial charge in [0.15, 0.2) is 5.79 Å². The van der Waals surface area contributed by atoms with Crippen molar-refractivity contribution in [1.29, 1.82) is 0 Å². The Morgan fingerprint density at radius 3 is 2.88 bits per heavy atom. The first-order valence-electron chi connectivity index (χ1n) is 5.37. The Hall–Kier alpha value is -1.13. The van der Waals surface area contributed by atoms with Crippen LogP contribution in [0.25, 0.3) is 0 Å². The predicted octanol–water partition coefficient (Wildman–Crippen LogP) is 1.56. The average Bonchev–Trinajstić information content (AvgIpc) is 2.54. The summed E-state index contributed by atoms with van der Waals surface area (Å²) in [4.78, 5) is 11.2. The van der Waals surface area contributed by atoms with Crippen molar-refractivity contribution in [3.8, 4) is 0 Å². The molecule has 0 unspecified atom stereocenters. The largest absolute Gasteiger partial charge is 0.456 e. The minimum Gasteiger partial charge on any atom is -0.456 e. The van der Waals surface area contributed by atoms with Gasteiger partial charge < -0.3 is 14.2 Å². The molecule has 1 fully saturated rings. The van der Waals surface area contributed by atoms with E-state index in [-0.39, 0.29) is 24.3 Å². The van der Waals surface area contributed by atoms with E-state index < -0.39 is 5.79 Å². The molecule has 0 bridgehead atoms. The zero-order valence-corrected chi connectivity index (χ0v) is 9.51. The first-order valence-corrected chi connectivity index (χ1v) is 5.37. The predicted molar refractivity (Wildman–Crippen MR) is 57.7 cm³/mol. The third-order valence-corrected chi connectivity index (χ3v) is 2.65. The zero-order valence-electron chi connectivity index (χ0n) is 9.51. The Morgan fingerprint density at radius 2 is 2.25 bits per heavy atom. The van der Waals surface area contributed by atoms with Gasteiger partial charge in [-0.05, 0) is 13.8 Å². The molecule has 2 heterocycles. The molecular formula is C12H16O4. The second-order valence-electron chi connectivity index (χ2n) is 4.41. The SMILES string of the molecule is C=C[C@H]1OC(C)(C)O[C@H]1[C@H]1CC=CC(=O)O1. The molecule has 1 saturated heterocycles. The molecule has 16 heavy (non-hydrogen) atoms. The number of esters is 1. The molecule has 4 heteroatoms. The number of ether oxygens (including phenoxy) is 3. The van der Waals surface area contributed by atoms with Gasteiger partial charge in [-0.25, -0.2) is 4.79 Å². The second kappa shape index (κ2) is 4.03. The standard InChI is InChI=1S/C12H16O4/c1-4-8-11(16-12(2,3)15-8)9-6-5-7-10(13)14-9/h4-5,7-9,11H,1,6H2,2-3H3/t8-,9-,11-/m1/s1. The van der Waals surface area contributed by atoms with Crippen molar-refractivity contribution in [2.24, 2.45) is 0 Å². The van der Waals surface area contributed by atoms with E-state index in [1.807, 2.05) is 13.8 Å². The summed E-state index contributed by atoms with van der Waals surface area (Å²) in [5.74, 6) is -0.982. The fourth-order valence-corrected chi connectivity index (χ4v) is 2.02. The molecule has 4 nitrogen and oxygen atoms in total. The maximum Gasteiger partial charge on any atom is 0.330 e. The minimum absolute atomic E-state index is 0.237. The van der Waals surface area contributed by atoms with Crippen LogP contribution in [0.4, 0.5) is 0 Å². The van der Waals surface area contributed by atoms with E-state index in [0.717, 1.165) is 0 Å². The molecule has 0 aromatic carbocycles. The maximum atomic E-state index is 11.2. The van der Waals surface area contributed by atoms with Gasteiger partial charge in [0.25, 0.3) is 0 Å². The Bertz CT molecular complexity index is 332. The van der Waals surface area contributed by atoms with Crippen molar-refractivity contribution in [3.05, 3.63) is 24.8 Å². The molecule has 0 aromatic heterocycles. The van der Waals surface area contributed by atoms with E-state index in [9.17, 15) is 4.79 Å². The van der Waals surface area contributed by atoms with Crippen molar-refractivity contribution in [3.63, 3.8) is 0 Å². The minimum atomic E-state index is -0.656. The molecule has 88 valence electrons. The first-order chi connectivity index (χ1) is 7.52. The van der Waals surface area contributed by atoms with Crippen LogP contribution in [0.2, 0.25) is 0 Å². The van der Waals surface area contributed by atoms with Crippen LogP contribution in [-0.4, -0.2) is 30.1 Å². The fraction of sp³-hybridized carbons (Fsp3) is 0.583. The lowest BCUT2D eigenvalue weighted by Gasteiger charge is -2.26. The van der Waals surface area contributed by atoms with Gasteiger partial charge in [-0.2, -0.15) is 0 Å². The number of carbonyl (C=O) groups excluding carboxylic acids is 1. The van der Waals surface area contributed by atoms with Crippen LogP contribution in [0.5, 0.6) is 0 Å². The summed E-state index contributed by atoms with van der Waals surface area (Å²) in [5.41, 5.74) is 0. The summed E-state index contributed by atoms with van der Waals surface area (Å²) in [7, 11) is 0. The molecule has 2 rings (SSSR count). The van der Waals surface area contributed by atoms with Gasteiger partial charge in [-0.1, -0.05) is 12.2 Å². The molecule has 2 aliphatic heterocycles. The van der Waals surface area contributed by atoms with Crippen LogP contribution in [0.15, 0.2) is 24.8 Å². The first kappa shape index (κ1) is 11.4. The van der Waals surface area contributed by atoms with Gasteiger partial charge in [-0.15, -0.1) is 6.58 Å². The highest BCUT2D eigenvalue weighted by Crippen LogP contribution is 2.33. The van der Waals surface area contributed by atoms with Gasteiger partial charge >= 0.3 is 5.97 Å². The number of hydrogen-bond acceptors (Lipinski definition) is 4. The quantitative estimate of drug-likeness (QED) is 0.527. The van der Waals surface area contributed by atoms with Crippen LogP contribution in [0, 0.1) is 0 Å². The van der Waals surface area contributed by atoms with E-state index in [2.05, 4.69) is 6.58 Å². The van der Waals surface area contributed by atoms with Gasteiger partial charge in [0, 0.05) is 12.5 Å². The fourth-order valence-electron chi connectivity index (χ4n) is 2.02. The summed E-state index contributed by atoms with van der Waals surface area (Å²) < 4.78 is 16.6. The van der Waals surface area contributed by atoms with Crippen molar-refractivity contribution in [2.75, 3.05) is 0 Å². The van der Waals surface area contributed by atoms with Crippen LogP contribution in [0.1, 0.15) is 20.3 Å². The lowest BCUT2D eigenvalue weighted by atomic mass is 10.0. The van der Waals surface area contributed by atoms with Gasteiger partial charge in [0.05, 0.1) is 0 Å². The molecule has 2 aliphatic rings. The highest BCUT2D eigenvalue weighted by molar-refractivity contribution is 5.82. The van der Waals surface area contributed by atoms with Gasteiger partial charge in [-0.3, -0.25) is 0 Å². The smallest absolute Gasteiger partial charge is 0.330 e. The lowest BCUT2D eigenvalue weighted by Crippen LogP contribution is -2.38. The normalized spacial score (nSPS) is 37.1. The monoisotopic (exact) mass is 224 g/mol. The summed E-state index contributed by atoms with van der Waals surface area (Å²) in [6.07, 6.45) is 4.76. The van der Waals surface area contributed by atoms with Crippen molar-refractivity contribution < 1.29 is 19.0 Å². The Labute approximate surface area is 94.9 Å². The molecule has 3 atom stereocenters.